The maximum Gasteiger partial charge on any atom is 0.222 e. The molecular weight excluding hydrogens is 302 g/mol. The predicted octanol–water partition coefficient (Wildman–Crippen LogP) is 2.01. The highest BCUT2D eigenvalue weighted by atomic mass is 16.2. The summed E-state index contributed by atoms with van der Waals surface area (Å²) in [4.78, 5) is 29.8. The first-order valence-electron chi connectivity index (χ1n) is 8.68. The molecule has 1 heterocycles. The lowest BCUT2D eigenvalue weighted by Crippen LogP contribution is -2.33. The van der Waals surface area contributed by atoms with E-state index in [1.165, 1.54) is 5.56 Å². The molecule has 5 nitrogen and oxygen atoms in total. The molecule has 2 rings (SSSR count). The van der Waals surface area contributed by atoms with Crippen LogP contribution in [0.4, 0.5) is 5.69 Å². The van der Waals surface area contributed by atoms with Gasteiger partial charge in [0.25, 0.3) is 0 Å². The van der Waals surface area contributed by atoms with Crippen molar-refractivity contribution >= 4 is 17.5 Å². The lowest BCUT2D eigenvalue weighted by molar-refractivity contribution is -0.130. The van der Waals surface area contributed by atoms with E-state index in [1.54, 1.807) is 4.90 Å². The van der Waals surface area contributed by atoms with Gasteiger partial charge in [0.1, 0.15) is 0 Å². The Bertz CT molecular complexity index is 568. The van der Waals surface area contributed by atoms with Gasteiger partial charge in [-0.1, -0.05) is 12.1 Å². The molecule has 0 aromatic heterocycles. The van der Waals surface area contributed by atoms with Gasteiger partial charge >= 0.3 is 0 Å². The van der Waals surface area contributed by atoms with Crippen molar-refractivity contribution in [2.24, 2.45) is 5.92 Å². The fraction of sp³-hybridized carbons (Fsp3) is 0.579. The molecule has 0 bridgehead atoms. The Balaban J connectivity index is 1.78. The molecule has 0 N–H and O–H groups in total. The van der Waals surface area contributed by atoms with Crippen molar-refractivity contribution in [2.75, 3.05) is 45.7 Å². The summed E-state index contributed by atoms with van der Waals surface area (Å²) < 4.78 is 0. The van der Waals surface area contributed by atoms with Crippen LogP contribution in [0.3, 0.4) is 0 Å². The molecule has 1 aromatic carbocycles. The SMILES string of the molecule is CCN1CC(CN(C)C(=O)CCc2ccc(N(C)C)cc2)CC1=O. The molecule has 0 saturated carbocycles. The maximum absolute atomic E-state index is 12.3. The van der Waals surface area contributed by atoms with Crippen LogP contribution in [0.25, 0.3) is 0 Å². The number of amides is 2. The number of benzene rings is 1. The molecule has 5 heteroatoms. The van der Waals surface area contributed by atoms with Crippen molar-refractivity contribution in [2.45, 2.75) is 26.2 Å². The average molecular weight is 331 g/mol. The van der Waals surface area contributed by atoms with Gasteiger partial charge in [-0.25, -0.2) is 0 Å². The predicted molar refractivity (Wildman–Crippen MR) is 97.1 cm³/mol. The van der Waals surface area contributed by atoms with E-state index in [1.807, 2.05) is 33.0 Å². The van der Waals surface area contributed by atoms with E-state index in [0.717, 1.165) is 25.2 Å². The van der Waals surface area contributed by atoms with Crippen LogP contribution in [0.15, 0.2) is 24.3 Å². The molecule has 24 heavy (non-hydrogen) atoms. The van der Waals surface area contributed by atoms with Gasteiger partial charge in [0, 0.05) is 65.2 Å². The minimum absolute atomic E-state index is 0.147. The van der Waals surface area contributed by atoms with Crippen LogP contribution in [0, 0.1) is 5.92 Å². The van der Waals surface area contributed by atoms with E-state index in [2.05, 4.69) is 29.2 Å². The molecule has 1 fully saturated rings. The second kappa shape index (κ2) is 8.18. The molecule has 0 spiro atoms. The molecular formula is C19H29N3O2. The number of carbonyl (C=O) groups is 2. The molecule has 0 aliphatic carbocycles. The van der Waals surface area contributed by atoms with Gasteiger partial charge in [0.2, 0.25) is 11.8 Å². The van der Waals surface area contributed by atoms with Crippen LogP contribution in [0.2, 0.25) is 0 Å². The molecule has 1 aromatic rings. The Morgan fingerprint density at radius 1 is 1.21 bits per heavy atom. The molecule has 0 radical (unpaired) electrons. The van der Waals surface area contributed by atoms with Gasteiger partial charge in [-0.05, 0) is 31.0 Å². The third-order valence-corrected chi connectivity index (χ3v) is 4.71. The van der Waals surface area contributed by atoms with Gasteiger partial charge in [0.05, 0.1) is 0 Å². The van der Waals surface area contributed by atoms with E-state index >= 15 is 0 Å². The first-order chi connectivity index (χ1) is 11.4. The van der Waals surface area contributed by atoms with Crippen LogP contribution in [0.5, 0.6) is 0 Å². The summed E-state index contributed by atoms with van der Waals surface area (Å²) in [5, 5.41) is 0. The number of hydrogen-bond donors (Lipinski definition) is 0. The van der Waals surface area contributed by atoms with Gasteiger partial charge in [0.15, 0.2) is 0 Å². The quantitative estimate of drug-likeness (QED) is 0.768. The van der Waals surface area contributed by atoms with Crippen molar-refractivity contribution in [1.82, 2.24) is 9.80 Å². The van der Waals surface area contributed by atoms with Crippen molar-refractivity contribution in [1.29, 1.82) is 0 Å². The van der Waals surface area contributed by atoms with Crippen LogP contribution in [-0.2, 0) is 16.0 Å². The number of carbonyl (C=O) groups excluding carboxylic acids is 2. The second-order valence-electron chi connectivity index (χ2n) is 6.84. The van der Waals surface area contributed by atoms with Gasteiger partial charge in [-0.3, -0.25) is 9.59 Å². The Morgan fingerprint density at radius 2 is 1.88 bits per heavy atom. The second-order valence-corrected chi connectivity index (χ2v) is 6.84. The molecule has 1 aliphatic heterocycles. The van der Waals surface area contributed by atoms with Crippen molar-refractivity contribution in [3.63, 3.8) is 0 Å². The number of hydrogen-bond acceptors (Lipinski definition) is 3. The van der Waals surface area contributed by atoms with E-state index in [4.69, 9.17) is 0 Å². The first-order valence-corrected chi connectivity index (χ1v) is 8.68. The van der Waals surface area contributed by atoms with E-state index in [9.17, 15) is 9.59 Å². The van der Waals surface area contributed by atoms with Crippen LogP contribution in [0.1, 0.15) is 25.3 Å². The van der Waals surface area contributed by atoms with Gasteiger partial charge in [-0.2, -0.15) is 0 Å². The van der Waals surface area contributed by atoms with Crippen molar-refractivity contribution in [3.05, 3.63) is 29.8 Å². The lowest BCUT2D eigenvalue weighted by atomic mass is 10.1. The highest BCUT2D eigenvalue weighted by molar-refractivity contribution is 5.79. The zero-order valence-corrected chi connectivity index (χ0v) is 15.3. The molecule has 1 saturated heterocycles. The summed E-state index contributed by atoms with van der Waals surface area (Å²) in [6.07, 6.45) is 1.83. The summed E-state index contributed by atoms with van der Waals surface area (Å²) in [7, 11) is 5.87. The largest absolute Gasteiger partial charge is 0.378 e. The average Bonchev–Trinajstić information content (AvgIpc) is 2.92. The zero-order valence-electron chi connectivity index (χ0n) is 15.3. The zero-order chi connectivity index (χ0) is 17.7. The summed E-state index contributed by atoms with van der Waals surface area (Å²) in [5.74, 6) is 0.629. The summed E-state index contributed by atoms with van der Waals surface area (Å²) in [5.41, 5.74) is 2.34. The summed E-state index contributed by atoms with van der Waals surface area (Å²) in [6.45, 7) is 4.20. The van der Waals surface area contributed by atoms with E-state index < -0.39 is 0 Å². The van der Waals surface area contributed by atoms with Gasteiger partial charge < -0.3 is 14.7 Å². The molecule has 132 valence electrons. The van der Waals surface area contributed by atoms with Crippen molar-refractivity contribution < 1.29 is 9.59 Å². The number of likely N-dealkylation sites (tertiary alicyclic amines) is 1. The number of rotatable bonds is 7. The number of nitrogens with zero attached hydrogens (tertiary/aromatic N) is 3. The van der Waals surface area contributed by atoms with Gasteiger partial charge in [-0.15, -0.1) is 0 Å². The Kier molecular flexibility index (Phi) is 6.23. The molecule has 1 unspecified atom stereocenters. The van der Waals surface area contributed by atoms with Crippen molar-refractivity contribution in [3.8, 4) is 0 Å². The highest BCUT2D eigenvalue weighted by Gasteiger charge is 2.29. The Morgan fingerprint density at radius 3 is 2.42 bits per heavy atom. The third-order valence-electron chi connectivity index (χ3n) is 4.71. The normalized spacial score (nSPS) is 17.2. The van der Waals surface area contributed by atoms with Crippen LogP contribution < -0.4 is 4.90 Å². The fourth-order valence-electron chi connectivity index (χ4n) is 3.17. The monoisotopic (exact) mass is 331 g/mol. The van der Waals surface area contributed by atoms with Crippen LogP contribution >= 0.6 is 0 Å². The Labute approximate surface area is 145 Å². The fourth-order valence-corrected chi connectivity index (χ4v) is 3.17. The van der Waals surface area contributed by atoms with E-state index in [0.29, 0.717) is 19.4 Å². The van der Waals surface area contributed by atoms with Crippen LogP contribution in [-0.4, -0.2) is 62.4 Å². The molecule has 1 atom stereocenters. The topological polar surface area (TPSA) is 43.9 Å². The molecule has 1 aliphatic rings. The minimum atomic E-state index is 0.147. The molecule has 2 amide bonds. The minimum Gasteiger partial charge on any atom is -0.378 e. The highest BCUT2D eigenvalue weighted by Crippen LogP contribution is 2.19. The lowest BCUT2D eigenvalue weighted by Gasteiger charge is -2.21. The standard InChI is InChI=1S/C19H29N3O2/c1-5-22-14-16(12-19(22)24)13-21(4)18(23)11-8-15-6-9-17(10-7-15)20(2)3/h6-7,9-10,16H,5,8,11-14H2,1-4H3. The number of aryl methyl sites for hydroxylation is 1. The Hall–Kier alpha value is -2.04. The summed E-state index contributed by atoms with van der Waals surface area (Å²) in [6, 6.07) is 8.31. The smallest absolute Gasteiger partial charge is 0.222 e. The van der Waals surface area contributed by atoms with E-state index in [-0.39, 0.29) is 17.7 Å². The number of anilines is 1. The maximum atomic E-state index is 12.3. The summed E-state index contributed by atoms with van der Waals surface area (Å²) >= 11 is 0. The first kappa shape index (κ1) is 18.3. The third kappa shape index (κ3) is 4.73.